The van der Waals surface area contributed by atoms with Crippen LogP contribution in [0, 0.1) is 6.92 Å². The van der Waals surface area contributed by atoms with Crippen molar-refractivity contribution in [2.45, 2.75) is 38.6 Å². The Hall–Kier alpha value is -4.04. The Morgan fingerprint density at radius 2 is 1.84 bits per heavy atom. The largest absolute Gasteiger partial charge is 0.473 e. The van der Waals surface area contributed by atoms with Gasteiger partial charge in [0.1, 0.15) is 6.61 Å². The summed E-state index contributed by atoms with van der Waals surface area (Å²) in [6.07, 6.45) is 10.2. The molecule has 1 N–H and O–H groups in total. The number of nitrogens with one attached hydrogen (secondary N) is 1. The maximum absolute atomic E-state index is 13.4. The molecule has 1 aromatic carbocycles. The number of hydrogen-bond acceptors (Lipinski definition) is 6. The van der Waals surface area contributed by atoms with Crippen LogP contribution in [0.2, 0.25) is 0 Å². The van der Waals surface area contributed by atoms with Crippen LogP contribution in [0.4, 0.5) is 5.82 Å². The first-order valence-corrected chi connectivity index (χ1v) is 13.4. The number of allylic oxidation sites excluding steroid dienone is 5. The minimum atomic E-state index is -4.08. The van der Waals surface area contributed by atoms with Crippen molar-refractivity contribution >= 4 is 21.4 Å². The molecule has 2 aromatic heterocycles. The number of sulfonamides is 1. The molecule has 0 amide bonds. The van der Waals surface area contributed by atoms with Gasteiger partial charge in [0.25, 0.3) is 10.0 Å². The van der Waals surface area contributed by atoms with Crippen LogP contribution in [0.15, 0.2) is 91.2 Å². The molecular weight excluding hydrogens is 484 g/mol. The molecule has 0 fully saturated rings. The lowest BCUT2D eigenvalue weighted by molar-refractivity contribution is 0.349. The van der Waals surface area contributed by atoms with Gasteiger partial charge in [0.15, 0.2) is 16.7 Å². The molecule has 0 aliphatic rings. The minimum absolute atomic E-state index is 0.0714. The standard InChI is InChI=1S/C29H32N4O3S/c1-7-10-23(11-8-2)27-31-28(33-37(34,35)25-17-16-24(19-30-25)20(4)5)26(29(32-27)36-18-9-3)22-14-12-21(6)13-15-22/h7-17,19-20H,1,3,18H2,2,4-6H3,(H,31,32,33)/b11-8-,23-10+. The summed E-state index contributed by atoms with van der Waals surface area (Å²) >= 11 is 0. The minimum Gasteiger partial charge on any atom is -0.473 e. The van der Waals surface area contributed by atoms with Crippen molar-refractivity contribution in [2.75, 3.05) is 11.3 Å². The van der Waals surface area contributed by atoms with E-state index in [9.17, 15) is 8.42 Å². The van der Waals surface area contributed by atoms with Crippen molar-refractivity contribution in [1.82, 2.24) is 15.0 Å². The van der Waals surface area contributed by atoms with Gasteiger partial charge < -0.3 is 4.74 Å². The average molecular weight is 517 g/mol. The Morgan fingerprint density at radius 3 is 2.41 bits per heavy atom. The highest BCUT2D eigenvalue weighted by Crippen LogP contribution is 2.37. The Kier molecular flexibility index (Phi) is 9.14. The maximum Gasteiger partial charge on any atom is 0.280 e. The van der Waals surface area contributed by atoms with E-state index in [0.717, 1.165) is 11.1 Å². The summed E-state index contributed by atoms with van der Waals surface area (Å²) in [4.78, 5) is 13.5. The monoisotopic (exact) mass is 516 g/mol. The van der Waals surface area contributed by atoms with Crippen LogP contribution in [-0.4, -0.2) is 30.0 Å². The molecule has 0 atom stereocenters. The van der Waals surface area contributed by atoms with Gasteiger partial charge in [-0.15, -0.1) is 0 Å². The molecule has 0 aliphatic heterocycles. The zero-order chi connectivity index (χ0) is 27.0. The van der Waals surface area contributed by atoms with Crippen molar-refractivity contribution < 1.29 is 13.2 Å². The fourth-order valence-corrected chi connectivity index (χ4v) is 4.39. The van der Waals surface area contributed by atoms with Gasteiger partial charge in [-0.05, 0) is 37.0 Å². The highest BCUT2D eigenvalue weighted by molar-refractivity contribution is 7.92. The first-order chi connectivity index (χ1) is 17.7. The van der Waals surface area contributed by atoms with E-state index < -0.39 is 10.0 Å². The number of rotatable bonds is 11. The molecule has 0 unspecified atom stereocenters. The third-order valence-corrected chi connectivity index (χ3v) is 6.64. The molecule has 0 saturated heterocycles. The third kappa shape index (κ3) is 6.80. The normalized spacial score (nSPS) is 12.1. The number of aryl methyl sites for hydroxylation is 1. The zero-order valence-electron chi connectivity index (χ0n) is 21.6. The molecule has 0 bridgehead atoms. The van der Waals surface area contributed by atoms with Crippen LogP contribution in [0.3, 0.4) is 0 Å². The molecular formula is C29H32N4O3S. The quantitative estimate of drug-likeness (QED) is 0.231. The van der Waals surface area contributed by atoms with E-state index in [1.807, 2.05) is 64.1 Å². The molecule has 37 heavy (non-hydrogen) atoms. The number of aromatic nitrogens is 3. The fraction of sp³-hybridized carbons (Fsp3) is 0.207. The van der Waals surface area contributed by atoms with Gasteiger partial charge in [0.05, 0.1) is 5.56 Å². The Bertz CT molecular complexity index is 1420. The number of anilines is 1. The van der Waals surface area contributed by atoms with Crippen LogP contribution in [-0.2, 0) is 10.0 Å². The molecule has 3 aromatic rings. The van der Waals surface area contributed by atoms with Crippen molar-refractivity contribution in [3.05, 3.63) is 103 Å². The van der Waals surface area contributed by atoms with Crippen LogP contribution in [0.25, 0.3) is 16.7 Å². The second-order valence-electron chi connectivity index (χ2n) is 8.59. The van der Waals surface area contributed by atoms with E-state index in [1.54, 1.807) is 30.5 Å². The van der Waals surface area contributed by atoms with E-state index >= 15 is 0 Å². The molecule has 0 radical (unpaired) electrons. The third-order valence-electron chi connectivity index (χ3n) is 5.39. The first kappa shape index (κ1) is 27.5. The highest BCUT2D eigenvalue weighted by atomic mass is 32.2. The van der Waals surface area contributed by atoms with E-state index in [4.69, 9.17) is 4.74 Å². The number of pyridine rings is 1. The topological polar surface area (TPSA) is 94.1 Å². The highest BCUT2D eigenvalue weighted by Gasteiger charge is 2.24. The van der Waals surface area contributed by atoms with Gasteiger partial charge in [-0.25, -0.2) is 9.97 Å². The number of hydrogen-bond donors (Lipinski definition) is 1. The summed E-state index contributed by atoms with van der Waals surface area (Å²) in [5.74, 6) is 0.783. The van der Waals surface area contributed by atoms with Crippen molar-refractivity contribution in [3.63, 3.8) is 0 Å². The van der Waals surface area contributed by atoms with Gasteiger partial charge in [0, 0.05) is 11.8 Å². The van der Waals surface area contributed by atoms with Gasteiger partial charge in [-0.2, -0.15) is 13.4 Å². The lowest BCUT2D eigenvalue weighted by atomic mass is 10.1. The maximum atomic E-state index is 13.4. The number of benzene rings is 1. The van der Waals surface area contributed by atoms with E-state index in [1.165, 1.54) is 6.07 Å². The molecule has 0 aliphatic carbocycles. The van der Waals surface area contributed by atoms with Crippen LogP contribution >= 0.6 is 0 Å². The van der Waals surface area contributed by atoms with E-state index in [2.05, 4.69) is 32.8 Å². The Morgan fingerprint density at radius 1 is 1.11 bits per heavy atom. The van der Waals surface area contributed by atoms with Crippen molar-refractivity contribution in [2.24, 2.45) is 0 Å². The zero-order valence-corrected chi connectivity index (χ0v) is 22.4. The first-order valence-electron chi connectivity index (χ1n) is 11.9. The molecule has 2 heterocycles. The van der Waals surface area contributed by atoms with Gasteiger partial charge in [0.2, 0.25) is 5.88 Å². The molecule has 8 heteroatoms. The predicted octanol–water partition coefficient (Wildman–Crippen LogP) is 6.48. The van der Waals surface area contributed by atoms with Crippen LogP contribution < -0.4 is 9.46 Å². The summed E-state index contributed by atoms with van der Waals surface area (Å²) in [5, 5.41) is -0.115. The summed E-state index contributed by atoms with van der Waals surface area (Å²) in [7, 11) is -4.08. The summed E-state index contributed by atoms with van der Waals surface area (Å²) < 4.78 is 35.4. The SMILES string of the molecule is C=C/C=C(\C=C/C)c1nc(NS(=O)(=O)c2ccc(C(C)C)cn2)c(-c2ccc(C)cc2)c(OCC=C)n1. The summed E-state index contributed by atoms with van der Waals surface area (Å²) in [6, 6.07) is 10.8. The predicted molar refractivity (Wildman–Crippen MR) is 150 cm³/mol. The molecule has 3 rings (SSSR count). The molecule has 192 valence electrons. The fourth-order valence-electron chi connectivity index (χ4n) is 3.45. The Balaban J connectivity index is 2.26. The smallest absolute Gasteiger partial charge is 0.280 e. The van der Waals surface area contributed by atoms with Gasteiger partial charge >= 0.3 is 0 Å². The molecule has 7 nitrogen and oxygen atoms in total. The summed E-state index contributed by atoms with van der Waals surface area (Å²) in [5.41, 5.74) is 3.73. The second-order valence-corrected chi connectivity index (χ2v) is 10.2. The number of ether oxygens (including phenoxy) is 1. The second kappa shape index (κ2) is 12.3. The Labute approximate surface area is 219 Å². The average Bonchev–Trinajstić information content (AvgIpc) is 2.87. The lowest BCUT2D eigenvalue weighted by Gasteiger charge is -2.17. The molecule has 0 saturated carbocycles. The van der Waals surface area contributed by atoms with Crippen LogP contribution in [0.5, 0.6) is 5.88 Å². The van der Waals surface area contributed by atoms with E-state index in [-0.39, 0.29) is 35.1 Å². The number of nitrogens with zero attached hydrogens (tertiary/aromatic N) is 3. The van der Waals surface area contributed by atoms with Crippen molar-refractivity contribution in [3.8, 4) is 17.0 Å². The molecule has 0 spiro atoms. The van der Waals surface area contributed by atoms with Gasteiger partial charge in [-0.1, -0.05) is 93.3 Å². The van der Waals surface area contributed by atoms with E-state index in [0.29, 0.717) is 16.7 Å². The summed E-state index contributed by atoms with van der Waals surface area (Å²) in [6.45, 7) is 15.5. The van der Waals surface area contributed by atoms with Crippen LogP contribution in [0.1, 0.15) is 43.6 Å². The van der Waals surface area contributed by atoms with Gasteiger partial charge in [-0.3, -0.25) is 4.72 Å². The lowest BCUT2D eigenvalue weighted by Crippen LogP contribution is -2.18. The van der Waals surface area contributed by atoms with Crippen molar-refractivity contribution in [1.29, 1.82) is 0 Å².